The lowest BCUT2D eigenvalue weighted by Gasteiger charge is -2.03. The highest BCUT2D eigenvalue weighted by molar-refractivity contribution is 9.10. The van der Waals surface area contributed by atoms with E-state index in [2.05, 4.69) is 20.7 Å². The number of aryl methyl sites for hydroxylation is 1. The van der Waals surface area contributed by atoms with Gasteiger partial charge in [-0.2, -0.15) is 5.26 Å². The van der Waals surface area contributed by atoms with Crippen LogP contribution in [0, 0.1) is 11.3 Å². The van der Waals surface area contributed by atoms with Crippen LogP contribution in [0.4, 0.5) is 0 Å². The minimum absolute atomic E-state index is 0.366. The molecule has 0 N–H and O–H groups in total. The molecule has 0 aliphatic carbocycles. The summed E-state index contributed by atoms with van der Waals surface area (Å²) in [7, 11) is 1.33. The maximum Gasteiger partial charge on any atom is 0.354 e. The standard InChI is InChI=1S/C9H9BrN2O2/c1-14-9(13)8-5-7(10)6-12(8)4-2-3-11/h5-6H,2,4H2,1H3. The third-order valence-corrected chi connectivity index (χ3v) is 2.16. The van der Waals surface area contributed by atoms with Crippen LogP contribution in [0.25, 0.3) is 0 Å². The number of ether oxygens (including phenoxy) is 1. The molecule has 1 aromatic heterocycles. The smallest absolute Gasteiger partial charge is 0.354 e. The Hall–Kier alpha value is -1.28. The monoisotopic (exact) mass is 256 g/mol. The minimum atomic E-state index is -0.395. The summed E-state index contributed by atoms with van der Waals surface area (Å²) in [6.45, 7) is 0.493. The van der Waals surface area contributed by atoms with Gasteiger partial charge in [0.2, 0.25) is 0 Å². The number of methoxy groups -OCH3 is 1. The molecule has 0 aliphatic rings. The number of nitriles is 1. The fourth-order valence-electron chi connectivity index (χ4n) is 1.11. The van der Waals surface area contributed by atoms with Gasteiger partial charge in [0.15, 0.2) is 0 Å². The zero-order valence-electron chi connectivity index (χ0n) is 7.66. The van der Waals surface area contributed by atoms with Crippen LogP contribution in [0.15, 0.2) is 16.7 Å². The quantitative estimate of drug-likeness (QED) is 0.777. The number of rotatable bonds is 3. The van der Waals surface area contributed by atoms with E-state index in [-0.39, 0.29) is 0 Å². The normalized spacial score (nSPS) is 9.50. The molecule has 1 rings (SSSR count). The van der Waals surface area contributed by atoms with Gasteiger partial charge in [0.1, 0.15) is 5.69 Å². The fraction of sp³-hybridized carbons (Fsp3) is 0.333. The van der Waals surface area contributed by atoms with Crippen molar-refractivity contribution < 1.29 is 9.53 Å². The second kappa shape index (κ2) is 4.82. The van der Waals surface area contributed by atoms with Gasteiger partial charge in [-0.1, -0.05) is 0 Å². The third kappa shape index (κ3) is 2.36. The van der Waals surface area contributed by atoms with E-state index in [1.54, 1.807) is 16.8 Å². The molecular weight excluding hydrogens is 248 g/mol. The molecule has 1 heterocycles. The summed E-state index contributed by atoms with van der Waals surface area (Å²) in [6.07, 6.45) is 2.12. The topological polar surface area (TPSA) is 55.0 Å². The summed E-state index contributed by atoms with van der Waals surface area (Å²) in [5.41, 5.74) is 0.453. The van der Waals surface area contributed by atoms with Crippen LogP contribution in [0.5, 0.6) is 0 Å². The van der Waals surface area contributed by atoms with Crippen LogP contribution >= 0.6 is 15.9 Å². The lowest BCUT2D eigenvalue weighted by Crippen LogP contribution is -2.09. The highest BCUT2D eigenvalue weighted by Gasteiger charge is 2.12. The van der Waals surface area contributed by atoms with Gasteiger partial charge in [-0.25, -0.2) is 4.79 Å². The van der Waals surface area contributed by atoms with Crippen molar-refractivity contribution in [1.29, 1.82) is 5.26 Å². The molecule has 0 amide bonds. The van der Waals surface area contributed by atoms with Crippen LogP contribution in [-0.2, 0) is 11.3 Å². The van der Waals surface area contributed by atoms with Crippen LogP contribution in [-0.4, -0.2) is 17.6 Å². The molecule has 4 nitrogen and oxygen atoms in total. The molecule has 0 spiro atoms. The van der Waals surface area contributed by atoms with Crippen LogP contribution < -0.4 is 0 Å². The Morgan fingerprint density at radius 3 is 3.07 bits per heavy atom. The molecule has 0 aliphatic heterocycles. The molecule has 0 bridgehead atoms. The summed E-state index contributed by atoms with van der Waals surface area (Å²) in [6, 6.07) is 3.69. The summed E-state index contributed by atoms with van der Waals surface area (Å²) in [4.78, 5) is 11.3. The number of aromatic nitrogens is 1. The Morgan fingerprint density at radius 2 is 2.50 bits per heavy atom. The van der Waals surface area contributed by atoms with Crippen molar-refractivity contribution in [2.45, 2.75) is 13.0 Å². The number of hydrogen-bond donors (Lipinski definition) is 0. The Morgan fingerprint density at radius 1 is 1.79 bits per heavy atom. The molecule has 0 radical (unpaired) electrons. The molecule has 14 heavy (non-hydrogen) atoms. The molecule has 1 aromatic rings. The molecule has 5 heteroatoms. The average Bonchev–Trinajstić information content (AvgIpc) is 2.55. The summed E-state index contributed by atoms with van der Waals surface area (Å²) < 4.78 is 7.10. The van der Waals surface area contributed by atoms with Gasteiger partial charge < -0.3 is 9.30 Å². The first-order valence-electron chi connectivity index (χ1n) is 4.00. The first-order chi connectivity index (χ1) is 6.69. The Balaban J connectivity index is 2.92. The molecular formula is C9H9BrN2O2. The van der Waals surface area contributed by atoms with Gasteiger partial charge in [-0.15, -0.1) is 0 Å². The second-order valence-electron chi connectivity index (χ2n) is 2.64. The molecule has 0 aromatic carbocycles. The Bertz CT molecular complexity index is 379. The molecule has 0 unspecified atom stereocenters. The number of carbonyl (C=O) groups is 1. The lowest BCUT2D eigenvalue weighted by atomic mass is 10.4. The number of esters is 1. The van der Waals surface area contributed by atoms with Crippen LogP contribution in [0.2, 0.25) is 0 Å². The predicted octanol–water partition coefficient (Wildman–Crippen LogP) is 1.95. The first kappa shape index (κ1) is 10.8. The van der Waals surface area contributed by atoms with E-state index in [4.69, 9.17) is 5.26 Å². The van der Waals surface area contributed by atoms with E-state index < -0.39 is 5.97 Å². The predicted molar refractivity (Wildman–Crippen MR) is 53.7 cm³/mol. The second-order valence-corrected chi connectivity index (χ2v) is 3.55. The van der Waals surface area contributed by atoms with Crippen molar-refractivity contribution in [1.82, 2.24) is 4.57 Å². The SMILES string of the molecule is COC(=O)c1cc(Br)cn1CCC#N. The number of carbonyl (C=O) groups excluding carboxylic acids is 1. The average molecular weight is 257 g/mol. The highest BCUT2D eigenvalue weighted by Crippen LogP contribution is 2.16. The first-order valence-corrected chi connectivity index (χ1v) is 4.79. The van der Waals surface area contributed by atoms with Gasteiger partial charge >= 0.3 is 5.97 Å². The van der Waals surface area contributed by atoms with E-state index >= 15 is 0 Å². The maximum atomic E-state index is 11.3. The largest absolute Gasteiger partial charge is 0.464 e. The fourth-order valence-corrected chi connectivity index (χ4v) is 1.57. The van der Waals surface area contributed by atoms with Crippen LogP contribution in [0.3, 0.4) is 0 Å². The van der Waals surface area contributed by atoms with Crippen molar-refractivity contribution >= 4 is 21.9 Å². The van der Waals surface area contributed by atoms with Crippen LogP contribution in [0.1, 0.15) is 16.9 Å². The third-order valence-electron chi connectivity index (χ3n) is 1.72. The van der Waals surface area contributed by atoms with E-state index in [1.807, 2.05) is 6.07 Å². The van der Waals surface area contributed by atoms with E-state index in [0.29, 0.717) is 18.7 Å². The van der Waals surface area contributed by atoms with Gasteiger partial charge in [0.25, 0.3) is 0 Å². The summed E-state index contributed by atoms with van der Waals surface area (Å²) in [5.74, 6) is -0.395. The Kier molecular flexibility index (Phi) is 3.72. The van der Waals surface area contributed by atoms with Gasteiger partial charge in [0.05, 0.1) is 19.6 Å². The van der Waals surface area contributed by atoms with Gasteiger partial charge in [0, 0.05) is 17.2 Å². The molecule has 0 saturated carbocycles. The van der Waals surface area contributed by atoms with Crippen molar-refractivity contribution in [3.63, 3.8) is 0 Å². The van der Waals surface area contributed by atoms with Crippen molar-refractivity contribution in [3.8, 4) is 6.07 Å². The maximum absolute atomic E-state index is 11.3. The lowest BCUT2D eigenvalue weighted by molar-refractivity contribution is 0.0588. The molecule has 0 fully saturated rings. The van der Waals surface area contributed by atoms with E-state index in [0.717, 1.165) is 4.47 Å². The van der Waals surface area contributed by atoms with Crippen molar-refractivity contribution in [2.75, 3.05) is 7.11 Å². The summed E-state index contributed by atoms with van der Waals surface area (Å²) in [5, 5.41) is 8.43. The molecule has 0 atom stereocenters. The number of nitrogens with zero attached hydrogens (tertiary/aromatic N) is 2. The molecule has 74 valence electrons. The highest BCUT2D eigenvalue weighted by atomic mass is 79.9. The Labute approximate surface area is 90.2 Å². The van der Waals surface area contributed by atoms with E-state index in [1.165, 1.54) is 7.11 Å². The van der Waals surface area contributed by atoms with Gasteiger partial charge in [-0.05, 0) is 22.0 Å². The van der Waals surface area contributed by atoms with Crippen molar-refractivity contribution in [2.24, 2.45) is 0 Å². The molecule has 0 saturated heterocycles. The number of halogens is 1. The van der Waals surface area contributed by atoms with Crippen molar-refractivity contribution in [3.05, 3.63) is 22.4 Å². The van der Waals surface area contributed by atoms with E-state index in [9.17, 15) is 4.79 Å². The zero-order valence-corrected chi connectivity index (χ0v) is 9.24. The minimum Gasteiger partial charge on any atom is -0.464 e. The summed E-state index contributed by atoms with van der Waals surface area (Å²) >= 11 is 3.26. The van der Waals surface area contributed by atoms with Gasteiger partial charge in [-0.3, -0.25) is 0 Å². The zero-order chi connectivity index (χ0) is 10.6. The number of hydrogen-bond acceptors (Lipinski definition) is 3.